The van der Waals surface area contributed by atoms with Gasteiger partial charge in [0.15, 0.2) is 0 Å². The number of carbonyl (C=O) groups is 1. The third-order valence-electron chi connectivity index (χ3n) is 1.58. The van der Waals surface area contributed by atoms with Gasteiger partial charge >= 0.3 is 5.97 Å². The van der Waals surface area contributed by atoms with Crippen molar-refractivity contribution in [3.05, 3.63) is 23.2 Å². The molecule has 0 aromatic heterocycles. The molecule has 1 rings (SSSR count). The van der Waals surface area contributed by atoms with Crippen molar-refractivity contribution in [3.63, 3.8) is 0 Å². The van der Waals surface area contributed by atoms with Crippen LogP contribution in [0.25, 0.3) is 0 Å². The monoisotopic (exact) mass is 246 g/mol. The smallest absolute Gasteiger partial charge is 0.316 e. The van der Waals surface area contributed by atoms with Gasteiger partial charge in [0, 0.05) is 4.90 Å². The number of benzene rings is 1. The predicted octanol–water partition coefficient (Wildman–Crippen LogP) is 2.70. The molecular formula is C10H11ClO3S. The number of esters is 1. The zero-order valence-corrected chi connectivity index (χ0v) is 9.77. The molecule has 0 amide bonds. The van der Waals surface area contributed by atoms with Crippen LogP contribution in [0.1, 0.15) is 6.92 Å². The average molecular weight is 247 g/mol. The Morgan fingerprint density at radius 3 is 2.93 bits per heavy atom. The highest BCUT2D eigenvalue weighted by Gasteiger charge is 2.05. The first kappa shape index (κ1) is 12.2. The normalized spacial score (nSPS) is 10.0. The van der Waals surface area contributed by atoms with Crippen LogP contribution in [0.2, 0.25) is 5.02 Å². The van der Waals surface area contributed by atoms with Gasteiger partial charge in [0.25, 0.3) is 0 Å². The highest BCUT2D eigenvalue weighted by Crippen LogP contribution is 2.28. The first-order chi connectivity index (χ1) is 7.13. The van der Waals surface area contributed by atoms with E-state index in [4.69, 9.17) is 16.3 Å². The molecule has 3 nitrogen and oxygen atoms in total. The molecule has 0 heterocycles. The average Bonchev–Trinajstić information content (AvgIpc) is 2.20. The zero-order valence-electron chi connectivity index (χ0n) is 8.20. The van der Waals surface area contributed by atoms with Crippen molar-refractivity contribution in [2.24, 2.45) is 0 Å². The summed E-state index contributed by atoms with van der Waals surface area (Å²) in [4.78, 5) is 11.9. The van der Waals surface area contributed by atoms with E-state index < -0.39 is 0 Å². The molecule has 0 aliphatic heterocycles. The minimum absolute atomic E-state index is 0.0390. The Labute approximate surface area is 97.4 Å². The molecule has 1 aromatic carbocycles. The second-order valence-corrected chi connectivity index (χ2v) is 4.16. The fraction of sp³-hybridized carbons (Fsp3) is 0.300. The molecule has 0 fully saturated rings. The Morgan fingerprint density at radius 1 is 1.60 bits per heavy atom. The molecular weight excluding hydrogens is 236 g/mol. The number of thioether (sulfide) groups is 1. The van der Waals surface area contributed by atoms with Gasteiger partial charge in [-0.15, -0.1) is 11.8 Å². The zero-order chi connectivity index (χ0) is 11.3. The Hall–Kier alpha value is -0.870. The van der Waals surface area contributed by atoms with Gasteiger partial charge in [-0.1, -0.05) is 11.6 Å². The first-order valence-corrected chi connectivity index (χ1v) is 5.76. The summed E-state index contributed by atoms with van der Waals surface area (Å²) < 4.78 is 4.78. The SMILES string of the molecule is CCOC(=O)CSc1ccc(O)c(Cl)c1. The van der Waals surface area contributed by atoms with Crippen LogP contribution < -0.4 is 0 Å². The van der Waals surface area contributed by atoms with Crippen molar-refractivity contribution >= 4 is 29.3 Å². The van der Waals surface area contributed by atoms with Crippen molar-refractivity contribution in [1.29, 1.82) is 0 Å². The van der Waals surface area contributed by atoms with Crippen LogP contribution in [0.3, 0.4) is 0 Å². The summed E-state index contributed by atoms with van der Waals surface area (Å²) >= 11 is 7.03. The summed E-state index contributed by atoms with van der Waals surface area (Å²) in [7, 11) is 0. The lowest BCUT2D eigenvalue weighted by Gasteiger charge is -2.03. The van der Waals surface area contributed by atoms with E-state index in [0.717, 1.165) is 4.90 Å². The molecule has 0 saturated carbocycles. The molecule has 1 aromatic rings. The largest absolute Gasteiger partial charge is 0.506 e. The van der Waals surface area contributed by atoms with Crippen molar-refractivity contribution in [2.45, 2.75) is 11.8 Å². The van der Waals surface area contributed by atoms with E-state index in [2.05, 4.69) is 0 Å². The maximum absolute atomic E-state index is 11.0. The van der Waals surface area contributed by atoms with E-state index in [-0.39, 0.29) is 22.5 Å². The second kappa shape index (κ2) is 5.88. The highest BCUT2D eigenvalue weighted by atomic mass is 35.5. The molecule has 15 heavy (non-hydrogen) atoms. The Morgan fingerprint density at radius 2 is 2.33 bits per heavy atom. The summed E-state index contributed by atoms with van der Waals surface area (Å²) in [5, 5.41) is 9.45. The maximum Gasteiger partial charge on any atom is 0.316 e. The molecule has 0 aliphatic carbocycles. The summed E-state index contributed by atoms with van der Waals surface area (Å²) in [6.45, 7) is 2.15. The third-order valence-corrected chi connectivity index (χ3v) is 2.85. The standard InChI is InChI=1S/C10H11ClO3S/c1-2-14-10(13)6-15-7-3-4-9(12)8(11)5-7/h3-5,12H,2,6H2,1H3. The van der Waals surface area contributed by atoms with E-state index in [9.17, 15) is 9.90 Å². The molecule has 5 heteroatoms. The highest BCUT2D eigenvalue weighted by molar-refractivity contribution is 8.00. The van der Waals surface area contributed by atoms with Crippen LogP contribution >= 0.6 is 23.4 Å². The molecule has 0 bridgehead atoms. The van der Waals surface area contributed by atoms with Crippen LogP contribution in [-0.4, -0.2) is 23.4 Å². The topological polar surface area (TPSA) is 46.5 Å². The van der Waals surface area contributed by atoms with E-state index in [1.807, 2.05) is 0 Å². The summed E-state index contributed by atoms with van der Waals surface area (Å²) in [5.74, 6) is 0.0263. The lowest BCUT2D eigenvalue weighted by atomic mass is 10.3. The molecule has 1 N–H and O–H groups in total. The van der Waals surface area contributed by atoms with Gasteiger partial charge in [0.05, 0.1) is 17.4 Å². The Balaban J connectivity index is 2.51. The van der Waals surface area contributed by atoms with E-state index >= 15 is 0 Å². The van der Waals surface area contributed by atoms with Crippen LogP contribution in [0.4, 0.5) is 0 Å². The molecule has 0 spiro atoms. The molecule has 82 valence electrons. The number of phenolic OH excluding ortho intramolecular Hbond substituents is 1. The predicted molar refractivity (Wildman–Crippen MR) is 60.5 cm³/mol. The Kier molecular flexibility index (Phi) is 4.78. The number of phenols is 1. The molecule has 0 radical (unpaired) electrons. The van der Waals surface area contributed by atoms with Crippen LogP contribution in [-0.2, 0) is 9.53 Å². The van der Waals surface area contributed by atoms with Crippen LogP contribution in [0.5, 0.6) is 5.75 Å². The number of ether oxygens (including phenoxy) is 1. The van der Waals surface area contributed by atoms with Crippen molar-refractivity contribution in [1.82, 2.24) is 0 Å². The molecule has 0 aliphatic rings. The number of carbonyl (C=O) groups excluding carboxylic acids is 1. The van der Waals surface area contributed by atoms with Crippen LogP contribution in [0.15, 0.2) is 23.1 Å². The van der Waals surface area contributed by atoms with Gasteiger partial charge in [-0.2, -0.15) is 0 Å². The second-order valence-electron chi connectivity index (χ2n) is 2.71. The summed E-state index contributed by atoms with van der Waals surface area (Å²) in [6, 6.07) is 4.81. The third kappa shape index (κ3) is 4.01. The minimum atomic E-state index is -0.258. The van der Waals surface area contributed by atoms with Gasteiger partial charge in [-0.05, 0) is 25.1 Å². The van der Waals surface area contributed by atoms with E-state index in [0.29, 0.717) is 6.61 Å². The summed E-state index contributed by atoms with van der Waals surface area (Å²) in [6.07, 6.45) is 0. The molecule has 0 atom stereocenters. The van der Waals surface area contributed by atoms with Crippen molar-refractivity contribution in [3.8, 4) is 5.75 Å². The van der Waals surface area contributed by atoms with Gasteiger partial charge < -0.3 is 9.84 Å². The number of hydrogen-bond acceptors (Lipinski definition) is 4. The first-order valence-electron chi connectivity index (χ1n) is 4.40. The maximum atomic E-state index is 11.0. The van der Waals surface area contributed by atoms with Gasteiger partial charge in [-0.3, -0.25) is 4.79 Å². The van der Waals surface area contributed by atoms with Gasteiger partial charge in [-0.25, -0.2) is 0 Å². The van der Waals surface area contributed by atoms with Crippen molar-refractivity contribution < 1.29 is 14.6 Å². The number of halogens is 1. The van der Waals surface area contributed by atoms with E-state index in [1.165, 1.54) is 17.8 Å². The fourth-order valence-electron chi connectivity index (χ4n) is 0.922. The molecule has 0 unspecified atom stereocenters. The minimum Gasteiger partial charge on any atom is -0.506 e. The van der Waals surface area contributed by atoms with Gasteiger partial charge in [0.1, 0.15) is 5.75 Å². The lowest BCUT2D eigenvalue weighted by molar-refractivity contribution is -0.139. The molecule has 0 saturated heterocycles. The van der Waals surface area contributed by atoms with Crippen LogP contribution in [0, 0.1) is 0 Å². The fourth-order valence-corrected chi connectivity index (χ4v) is 1.90. The van der Waals surface area contributed by atoms with E-state index in [1.54, 1.807) is 19.1 Å². The number of hydrogen-bond donors (Lipinski definition) is 1. The Bertz CT molecular complexity index is 355. The number of rotatable bonds is 4. The number of aromatic hydroxyl groups is 1. The van der Waals surface area contributed by atoms with Crippen molar-refractivity contribution in [2.75, 3.05) is 12.4 Å². The lowest BCUT2D eigenvalue weighted by Crippen LogP contribution is -2.06. The summed E-state index contributed by atoms with van der Waals surface area (Å²) in [5.41, 5.74) is 0. The van der Waals surface area contributed by atoms with Gasteiger partial charge in [0.2, 0.25) is 0 Å². The quantitative estimate of drug-likeness (QED) is 0.656.